The van der Waals surface area contributed by atoms with Gasteiger partial charge >= 0.3 is 0 Å². The van der Waals surface area contributed by atoms with Gasteiger partial charge in [-0.05, 0) is 59.1 Å². The summed E-state index contributed by atoms with van der Waals surface area (Å²) in [5.41, 5.74) is 16.0. The van der Waals surface area contributed by atoms with Crippen molar-refractivity contribution in [2.75, 3.05) is 31.1 Å². The molecule has 8 rings (SSSR count). The Morgan fingerprint density at radius 2 is 1.14 bits per heavy atom. The van der Waals surface area contributed by atoms with Gasteiger partial charge in [0.1, 0.15) is 42.6 Å². The van der Waals surface area contributed by atoms with Gasteiger partial charge in [-0.15, -0.1) is 0 Å². The molecule has 0 bridgehead atoms. The van der Waals surface area contributed by atoms with E-state index >= 15 is 0 Å². The molecule has 0 saturated heterocycles. The molecule has 56 heavy (non-hydrogen) atoms. The van der Waals surface area contributed by atoms with Crippen LogP contribution in [0.3, 0.4) is 0 Å². The fraction of sp³-hybridized carbons (Fsp3) is 0.373. The predicted octanol–water partition coefficient (Wildman–Crippen LogP) is 12.9. The Morgan fingerprint density at radius 1 is 0.625 bits per heavy atom. The standard InChI is InChI=1S/C51H58N3O2/c1-31(2)38-14-11-15-39(32(3)4)46(38)53-25-26-54(30-53)47-42(33(5)6)28-37(29-43(47)34(7)8)41-17-13-19-45-49(41)56-48-40(16-12-18-44(48)51(45,9)10)35-20-22-36(23-21-35)50-52-24-27-55-50/h11-23,28-34H,24-27H2,1-10H3/q+1. The highest BCUT2D eigenvalue weighted by atomic mass is 16.5. The van der Waals surface area contributed by atoms with E-state index in [1.54, 1.807) is 0 Å². The topological polar surface area (TPSA) is 37.1 Å². The summed E-state index contributed by atoms with van der Waals surface area (Å²) in [7, 11) is 0. The lowest BCUT2D eigenvalue weighted by atomic mass is 9.73. The molecule has 0 N–H and O–H groups in total. The molecule has 0 fully saturated rings. The molecule has 0 aliphatic carbocycles. The lowest BCUT2D eigenvalue weighted by Crippen LogP contribution is -2.25. The third-order valence-corrected chi connectivity index (χ3v) is 12.1. The highest BCUT2D eigenvalue weighted by molar-refractivity contribution is 5.95. The van der Waals surface area contributed by atoms with Crippen LogP contribution in [0.5, 0.6) is 11.5 Å². The second-order valence-corrected chi connectivity index (χ2v) is 17.6. The van der Waals surface area contributed by atoms with Crippen molar-refractivity contribution in [2.45, 2.75) is 98.3 Å². The number of fused-ring (bicyclic) bond motifs is 2. The molecule has 0 saturated carbocycles. The monoisotopic (exact) mass is 744 g/mol. The van der Waals surface area contributed by atoms with E-state index in [2.05, 4.69) is 181 Å². The van der Waals surface area contributed by atoms with Crippen molar-refractivity contribution in [1.82, 2.24) is 0 Å². The Kier molecular flexibility index (Phi) is 9.93. The summed E-state index contributed by atoms with van der Waals surface area (Å²) in [4.78, 5) is 7.06. The molecule has 3 heterocycles. The molecule has 5 nitrogen and oxygen atoms in total. The quantitative estimate of drug-likeness (QED) is 0.141. The molecule has 0 aromatic heterocycles. The molecular formula is C51H58N3O2+. The van der Waals surface area contributed by atoms with Crippen molar-refractivity contribution in [2.24, 2.45) is 4.99 Å². The van der Waals surface area contributed by atoms with Crippen LogP contribution in [0.1, 0.15) is 132 Å². The van der Waals surface area contributed by atoms with E-state index in [1.807, 2.05) is 0 Å². The molecule has 0 radical (unpaired) electrons. The Labute approximate surface area is 334 Å². The summed E-state index contributed by atoms with van der Waals surface area (Å²) in [6, 6.07) is 33.6. The number of hydrogen-bond acceptors (Lipinski definition) is 4. The van der Waals surface area contributed by atoms with E-state index in [9.17, 15) is 0 Å². The maximum Gasteiger partial charge on any atom is 0.244 e. The molecule has 288 valence electrons. The SMILES string of the molecule is CC(C)c1cc(-c2cccc3c2Oc2c(-c4ccc(C5=NCCO5)cc4)cccc2C3(C)C)cc(C(C)C)c1N1C=[N+](c2c(C(C)C)cccc2C(C)C)CC1. The van der Waals surface area contributed by atoms with E-state index in [1.165, 1.54) is 50.3 Å². The average Bonchev–Trinajstić information content (AvgIpc) is 3.91. The first-order valence-corrected chi connectivity index (χ1v) is 20.8. The minimum atomic E-state index is -0.266. The Balaban J connectivity index is 1.23. The first-order chi connectivity index (χ1) is 26.8. The molecule has 5 aromatic rings. The molecule has 0 spiro atoms. The van der Waals surface area contributed by atoms with E-state index in [0.29, 0.717) is 30.3 Å². The van der Waals surface area contributed by atoms with Gasteiger partial charge in [-0.3, -0.25) is 0 Å². The van der Waals surface area contributed by atoms with E-state index < -0.39 is 0 Å². The van der Waals surface area contributed by atoms with Crippen LogP contribution in [0, 0.1) is 0 Å². The number of para-hydroxylation sites is 3. The van der Waals surface area contributed by atoms with Gasteiger partial charge in [-0.1, -0.05) is 136 Å². The van der Waals surface area contributed by atoms with Crippen LogP contribution in [0.15, 0.2) is 96.0 Å². The highest BCUT2D eigenvalue weighted by Crippen LogP contribution is 2.54. The Hall–Kier alpha value is -5.16. The van der Waals surface area contributed by atoms with Crippen molar-refractivity contribution in [1.29, 1.82) is 0 Å². The zero-order valence-electron chi connectivity index (χ0n) is 35.0. The summed E-state index contributed by atoms with van der Waals surface area (Å²) < 4.78 is 15.5. The number of rotatable bonds is 9. The maximum absolute atomic E-state index is 7.20. The summed E-state index contributed by atoms with van der Waals surface area (Å²) in [6.45, 7) is 26.6. The maximum atomic E-state index is 7.20. The Bertz CT molecular complexity index is 2300. The fourth-order valence-corrected chi connectivity index (χ4v) is 9.01. The van der Waals surface area contributed by atoms with Crippen LogP contribution in [0.4, 0.5) is 11.4 Å². The second kappa shape index (κ2) is 14.7. The minimum absolute atomic E-state index is 0.266. The largest absolute Gasteiger partial charge is 0.476 e. The molecule has 3 aliphatic rings. The molecule has 5 heteroatoms. The van der Waals surface area contributed by atoms with Crippen molar-refractivity contribution in [3.05, 3.63) is 130 Å². The first kappa shape index (κ1) is 37.7. The average molecular weight is 745 g/mol. The normalized spacial score (nSPS) is 15.9. The van der Waals surface area contributed by atoms with Crippen molar-refractivity contribution in [3.8, 4) is 33.8 Å². The first-order valence-electron chi connectivity index (χ1n) is 20.8. The number of ether oxygens (including phenoxy) is 2. The van der Waals surface area contributed by atoms with E-state index in [-0.39, 0.29) is 5.41 Å². The number of benzene rings is 5. The minimum Gasteiger partial charge on any atom is -0.476 e. The van der Waals surface area contributed by atoms with Crippen molar-refractivity contribution >= 4 is 23.6 Å². The fourth-order valence-electron chi connectivity index (χ4n) is 9.01. The molecule has 5 aromatic carbocycles. The smallest absolute Gasteiger partial charge is 0.244 e. The number of anilines is 1. The third kappa shape index (κ3) is 6.53. The van der Waals surface area contributed by atoms with Gasteiger partial charge < -0.3 is 9.47 Å². The van der Waals surface area contributed by atoms with Gasteiger partial charge in [0.25, 0.3) is 0 Å². The summed E-state index contributed by atoms with van der Waals surface area (Å²) >= 11 is 0. The number of nitrogens with zero attached hydrogens (tertiary/aromatic N) is 3. The number of aliphatic imine (C=N–C) groups is 1. The molecule has 3 aliphatic heterocycles. The van der Waals surface area contributed by atoms with Gasteiger partial charge in [0.15, 0.2) is 0 Å². The zero-order valence-corrected chi connectivity index (χ0v) is 35.0. The van der Waals surface area contributed by atoms with Crippen LogP contribution in [-0.4, -0.2) is 43.1 Å². The van der Waals surface area contributed by atoms with Gasteiger partial charge in [0.05, 0.1) is 6.54 Å². The van der Waals surface area contributed by atoms with Gasteiger partial charge in [0, 0.05) is 55.5 Å². The zero-order chi connectivity index (χ0) is 39.5. The predicted molar refractivity (Wildman–Crippen MR) is 234 cm³/mol. The van der Waals surface area contributed by atoms with Crippen LogP contribution in [0.2, 0.25) is 0 Å². The van der Waals surface area contributed by atoms with Crippen LogP contribution in [-0.2, 0) is 10.2 Å². The van der Waals surface area contributed by atoms with Gasteiger partial charge in [-0.2, -0.15) is 0 Å². The second-order valence-electron chi connectivity index (χ2n) is 17.6. The molecule has 0 unspecified atom stereocenters. The van der Waals surface area contributed by atoms with Crippen molar-refractivity contribution < 1.29 is 14.0 Å². The lowest BCUT2D eigenvalue weighted by molar-refractivity contribution is -0.425. The van der Waals surface area contributed by atoms with Crippen LogP contribution < -0.4 is 9.64 Å². The van der Waals surface area contributed by atoms with Gasteiger partial charge in [-0.25, -0.2) is 14.5 Å². The van der Waals surface area contributed by atoms with Crippen molar-refractivity contribution in [3.63, 3.8) is 0 Å². The molecule has 0 amide bonds. The van der Waals surface area contributed by atoms with E-state index in [4.69, 9.17) is 9.47 Å². The summed E-state index contributed by atoms with van der Waals surface area (Å²) in [5, 5.41) is 0. The van der Waals surface area contributed by atoms with E-state index in [0.717, 1.165) is 59.3 Å². The molecular weight excluding hydrogens is 687 g/mol. The summed E-state index contributed by atoms with van der Waals surface area (Å²) in [5.74, 6) is 4.15. The number of hydrogen-bond donors (Lipinski definition) is 0. The van der Waals surface area contributed by atoms with Gasteiger partial charge in [0.2, 0.25) is 12.2 Å². The lowest BCUT2D eigenvalue weighted by Gasteiger charge is -2.36. The Morgan fingerprint density at radius 3 is 1.66 bits per heavy atom. The third-order valence-electron chi connectivity index (χ3n) is 12.1. The highest BCUT2D eigenvalue weighted by Gasteiger charge is 2.38. The van der Waals surface area contributed by atoms with Crippen LogP contribution in [0.25, 0.3) is 22.3 Å². The summed E-state index contributed by atoms with van der Waals surface area (Å²) in [6.07, 6.45) is 2.40. The molecule has 0 atom stereocenters. The van der Waals surface area contributed by atoms with Crippen LogP contribution >= 0.6 is 0 Å².